The van der Waals surface area contributed by atoms with Crippen LogP contribution in [0.4, 0.5) is 5.69 Å². The van der Waals surface area contributed by atoms with Crippen molar-refractivity contribution >= 4 is 29.1 Å². The van der Waals surface area contributed by atoms with Crippen LogP contribution in [0.25, 0.3) is 0 Å². The van der Waals surface area contributed by atoms with Crippen LogP contribution in [0.5, 0.6) is 0 Å². The van der Waals surface area contributed by atoms with Crippen molar-refractivity contribution in [3.8, 4) is 0 Å². The van der Waals surface area contributed by atoms with E-state index in [2.05, 4.69) is 17.6 Å². The Morgan fingerprint density at radius 2 is 1.67 bits per heavy atom. The fraction of sp³-hybridized carbons (Fsp3) is 0.263. The van der Waals surface area contributed by atoms with Crippen LogP contribution in [-0.2, 0) is 11.2 Å². The average molecular weight is 345 g/mol. The molecule has 126 valence electrons. The number of hydrogen-bond acceptors (Lipinski definition) is 2. The number of rotatable bonds is 7. The molecule has 5 heteroatoms. The molecular formula is C19H21ClN2O2. The molecule has 2 rings (SSSR count). The third kappa shape index (κ3) is 5.70. The van der Waals surface area contributed by atoms with Crippen LogP contribution in [0, 0.1) is 0 Å². The van der Waals surface area contributed by atoms with Crippen LogP contribution in [0.1, 0.15) is 35.7 Å². The summed E-state index contributed by atoms with van der Waals surface area (Å²) in [4.78, 5) is 23.8. The highest BCUT2D eigenvalue weighted by molar-refractivity contribution is 6.30. The van der Waals surface area contributed by atoms with E-state index in [0.29, 0.717) is 10.6 Å². The first kappa shape index (κ1) is 18.0. The number of benzene rings is 2. The Hall–Kier alpha value is -2.33. The summed E-state index contributed by atoms with van der Waals surface area (Å²) in [5.74, 6) is -0.574. The van der Waals surface area contributed by atoms with Crippen molar-refractivity contribution in [2.45, 2.75) is 26.2 Å². The first-order valence-corrected chi connectivity index (χ1v) is 8.39. The topological polar surface area (TPSA) is 58.2 Å². The molecular weight excluding hydrogens is 324 g/mol. The van der Waals surface area contributed by atoms with Gasteiger partial charge in [0.05, 0.1) is 6.54 Å². The Labute approximate surface area is 147 Å². The maximum absolute atomic E-state index is 11.9. The second kappa shape index (κ2) is 9.08. The Kier molecular flexibility index (Phi) is 6.82. The van der Waals surface area contributed by atoms with Crippen LogP contribution in [0.15, 0.2) is 48.5 Å². The highest BCUT2D eigenvalue weighted by atomic mass is 35.5. The van der Waals surface area contributed by atoms with Gasteiger partial charge in [0.25, 0.3) is 5.91 Å². The second-order valence-corrected chi connectivity index (χ2v) is 5.97. The molecule has 0 atom stereocenters. The fourth-order valence-corrected chi connectivity index (χ4v) is 2.33. The van der Waals surface area contributed by atoms with E-state index in [9.17, 15) is 9.59 Å². The number of anilines is 1. The molecule has 0 unspecified atom stereocenters. The lowest BCUT2D eigenvalue weighted by atomic mass is 10.1. The smallest absolute Gasteiger partial charge is 0.251 e. The van der Waals surface area contributed by atoms with Crippen LogP contribution >= 0.6 is 11.6 Å². The number of halogens is 1. The molecule has 2 aromatic carbocycles. The number of hydrogen-bond donors (Lipinski definition) is 2. The predicted molar refractivity (Wildman–Crippen MR) is 97.5 cm³/mol. The van der Waals surface area contributed by atoms with Crippen molar-refractivity contribution in [3.05, 3.63) is 64.7 Å². The first-order chi connectivity index (χ1) is 11.6. The van der Waals surface area contributed by atoms with E-state index >= 15 is 0 Å². The van der Waals surface area contributed by atoms with E-state index < -0.39 is 0 Å². The molecule has 0 aliphatic carbocycles. The number of carbonyl (C=O) groups is 2. The van der Waals surface area contributed by atoms with Crippen molar-refractivity contribution in [2.75, 3.05) is 11.9 Å². The average Bonchev–Trinajstić information content (AvgIpc) is 2.59. The molecule has 0 spiro atoms. The van der Waals surface area contributed by atoms with Crippen LogP contribution < -0.4 is 10.6 Å². The lowest BCUT2D eigenvalue weighted by molar-refractivity contribution is -0.115. The van der Waals surface area contributed by atoms with Gasteiger partial charge in [-0.25, -0.2) is 0 Å². The van der Waals surface area contributed by atoms with Gasteiger partial charge in [-0.1, -0.05) is 37.1 Å². The Morgan fingerprint density at radius 3 is 2.29 bits per heavy atom. The molecule has 2 N–H and O–H groups in total. The van der Waals surface area contributed by atoms with E-state index in [1.165, 1.54) is 5.56 Å². The molecule has 2 aromatic rings. The van der Waals surface area contributed by atoms with Gasteiger partial charge >= 0.3 is 0 Å². The van der Waals surface area contributed by atoms with Crippen molar-refractivity contribution < 1.29 is 9.59 Å². The Bertz CT molecular complexity index is 682. The molecule has 0 aliphatic heterocycles. The van der Waals surface area contributed by atoms with Crippen LogP contribution in [-0.4, -0.2) is 18.4 Å². The molecule has 0 fully saturated rings. The molecule has 0 bridgehead atoms. The van der Waals surface area contributed by atoms with Crippen molar-refractivity contribution in [3.63, 3.8) is 0 Å². The van der Waals surface area contributed by atoms with Crippen molar-refractivity contribution in [2.24, 2.45) is 0 Å². The highest BCUT2D eigenvalue weighted by Gasteiger charge is 2.08. The van der Waals surface area contributed by atoms with Gasteiger partial charge in [0.1, 0.15) is 0 Å². The monoisotopic (exact) mass is 344 g/mol. The SMILES string of the molecule is CCCCc1ccc(NC(=O)CNC(=O)c2ccc(Cl)cc2)cc1. The zero-order chi connectivity index (χ0) is 17.4. The summed E-state index contributed by atoms with van der Waals surface area (Å²) in [6.45, 7) is 2.08. The molecule has 2 amide bonds. The minimum absolute atomic E-state index is 0.0843. The largest absolute Gasteiger partial charge is 0.343 e. The Morgan fingerprint density at radius 1 is 1.00 bits per heavy atom. The summed E-state index contributed by atoms with van der Waals surface area (Å²) >= 11 is 5.78. The summed E-state index contributed by atoms with van der Waals surface area (Å²) in [7, 11) is 0. The summed E-state index contributed by atoms with van der Waals surface area (Å²) < 4.78 is 0. The van der Waals surface area contributed by atoms with Gasteiger partial charge in [-0.3, -0.25) is 9.59 Å². The minimum atomic E-state index is -0.309. The van der Waals surface area contributed by atoms with E-state index in [1.807, 2.05) is 24.3 Å². The van der Waals surface area contributed by atoms with Crippen LogP contribution in [0.2, 0.25) is 5.02 Å². The third-order valence-corrected chi connectivity index (χ3v) is 3.82. The lowest BCUT2D eigenvalue weighted by Gasteiger charge is -2.08. The quantitative estimate of drug-likeness (QED) is 0.796. The van der Waals surface area contributed by atoms with Gasteiger partial charge in [0.2, 0.25) is 5.91 Å². The van der Waals surface area contributed by atoms with Crippen LogP contribution in [0.3, 0.4) is 0 Å². The zero-order valence-electron chi connectivity index (χ0n) is 13.6. The second-order valence-electron chi connectivity index (χ2n) is 5.54. The van der Waals surface area contributed by atoms with Gasteiger partial charge in [-0.05, 0) is 54.8 Å². The fourth-order valence-electron chi connectivity index (χ4n) is 2.20. The summed E-state index contributed by atoms with van der Waals surface area (Å²) in [5.41, 5.74) is 2.44. The van der Waals surface area contributed by atoms with Gasteiger partial charge in [-0.15, -0.1) is 0 Å². The molecule has 0 saturated heterocycles. The third-order valence-electron chi connectivity index (χ3n) is 3.57. The first-order valence-electron chi connectivity index (χ1n) is 8.01. The molecule has 0 heterocycles. The number of aryl methyl sites for hydroxylation is 1. The summed E-state index contributed by atoms with van der Waals surface area (Å²) in [5, 5.41) is 5.91. The predicted octanol–water partition coefficient (Wildman–Crippen LogP) is 4.05. The van der Waals surface area contributed by atoms with E-state index in [0.717, 1.165) is 24.9 Å². The molecule has 4 nitrogen and oxygen atoms in total. The number of unbranched alkanes of at least 4 members (excludes halogenated alkanes) is 1. The van der Waals surface area contributed by atoms with Gasteiger partial charge in [0, 0.05) is 16.3 Å². The molecule has 24 heavy (non-hydrogen) atoms. The Balaban J connectivity index is 1.80. The van der Waals surface area contributed by atoms with E-state index in [-0.39, 0.29) is 18.4 Å². The maximum atomic E-state index is 11.9. The lowest BCUT2D eigenvalue weighted by Crippen LogP contribution is -2.32. The van der Waals surface area contributed by atoms with E-state index in [1.54, 1.807) is 24.3 Å². The summed E-state index contributed by atoms with van der Waals surface area (Å²) in [6.07, 6.45) is 3.36. The maximum Gasteiger partial charge on any atom is 0.251 e. The van der Waals surface area contributed by atoms with Crippen molar-refractivity contribution in [1.82, 2.24) is 5.32 Å². The minimum Gasteiger partial charge on any atom is -0.343 e. The zero-order valence-corrected chi connectivity index (χ0v) is 14.4. The normalized spacial score (nSPS) is 10.2. The molecule has 0 radical (unpaired) electrons. The molecule has 0 saturated carbocycles. The standard InChI is InChI=1S/C19H21ClN2O2/c1-2-3-4-14-5-11-17(12-6-14)22-18(23)13-21-19(24)15-7-9-16(20)10-8-15/h5-12H,2-4,13H2,1H3,(H,21,24)(H,22,23). The van der Waals surface area contributed by atoms with Gasteiger partial charge in [-0.2, -0.15) is 0 Å². The summed E-state index contributed by atoms with van der Waals surface area (Å²) in [6, 6.07) is 14.3. The number of amides is 2. The van der Waals surface area contributed by atoms with Gasteiger partial charge in [0.15, 0.2) is 0 Å². The molecule has 0 aromatic heterocycles. The van der Waals surface area contributed by atoms with Crippen molar-refractivity contribution in [1.29, 1.82) is 0 Å². The van der Waals surface area contributed by atoms with E-state index in [4.69, 9.17) is 11.6 Å². The van der Waals surface area contributed by atoms with Gasteiger partial charge < -0.3 is 10.6 Å². The highest BCUT2D eigenvalue weighted by Crippen LogP contribution is 2.12. The molecule has 0 aliphatic rings. The number of nitrogens with one attached hydrogen (secondary N) is 2. The number of carbonyl (C=O) groups excluding carboxylic acids is 2.